The van der Waals surface area contributed by atoms with E-state index in [-0.39, 0.29) is 0 Å². The predicted octanol–water partition coefficient (Wildman–Crippen LogP) is 7.91. The van der Waals surface area contributed by atoms with Crippen molar-refractivity contribution >= 4 is 11.4 Å². The maximum atomic E-state index is 11.7. The zero-order valence-electron chi connectivity index (χ0n) is 18.6. The Morgan fingerprint density at radius 3 is 1.59 bits per heavy atom. The van der Waals surface area contributed by atoms with Crippen LogP contribution in [0.25, 0.3) is 0 Å². The molecule has 164 valence electrons. The summed E-state index contributed by atoms with van der Waals surface area (Å²) in [5, 5.41) is 0. The second kappa shape index (κ2) is 22.4. The van der Waals surface area contributed by atoms with Crippen molar-refractivity contribution in [2.24, 2.45) is 5.92 Å². The van der Waals surface area contributed by atoms with Crippen LogP contribution in [0.4, 0.5) is 0 Å². The van der Waals surface area contributed by atoms with Crippen LogP contribution in [0.1, 0.15) is 130 Å². The molecule has 0 aromatic carbocycles. The average molecular weight is 405 g/mol. The van der Waals surface area contributed by atoms with E-state index in [4.69, 9.17) is 8.37 Å². The summed E-state index contributed by atoms with van der Waals surface area (Å²) in [6, 6.07) is 0. The molecule has 0 rings (SSSR count). The van der Waals surface area contributed by atoms with E-state index in [1.807, 2.05) is 0 Å². The highest BCUT2D eigenvalue weighted by molar-refractivity contribution is 7.75. The van der Waals surface area contributed by atoms with Gasteiger partial charge >= 0.3 is 11.4 Å². The summed E-state index contributed by atoms with van der Waals surface area (Å²) in [4.78, 5) is 0. The Hall–Kier alpha value is 0.0700. The molecule has 0 heterocycles. The molecular weight excluding hydrogens is 356 g/mol. The molecule has 2 atom stereocenters. The molecule has 2 unspecified atom stereocenters. The Labute approximate surface area is 173 Å². The van der Waals surface area contributed by atoms with Crippen molar-refractivity contribution in [2.45, 2.75) is 130 Å². The van der Waals surface area contributed by atoms with Crippen LogP contribution in [-0.4, -0.2) is 17.4 Å². The lowest BCUT2D eigenvalue weighted by Gasteiger charge is -2.13. The van der Waals surface area contributed by atoms with Gasteiger partial charge in [0, 0.05) is 0 Å². The molecule has 0 aliphatic carbocycles. The standard InChI is InChI=1S/C23H48O3S/c1-4-7-9-10-11-12-13-14-15-16-17-18-19-21-25-27(24)26-22-23(6-3)20-8-5-2/h23H,4-22H2,1-3H3. The molecule has 0 amide bonds. The molecule has 0 bridgehead atoms. The smallest absolute Gasteiger partial charge is 0.268 e. The highest BCUT2D eigenvalue weighted by atomic mass is 32.2. The molecule has 0 aliphatic heterocycles. The van der Waals surface area contributed by atoms with Crippen molar-refractivity contribution in [1.29, 1.82) is 0 Å². The number of rotatable bonds is 22. The second-order valence-electron chi connectivity index (χ2n) is 7.97. The molecule has 0 radical (unpaired) electrons. The van der Waals surface area contributed by atoms with Crippen molar-refractivity contribution in [3.05, 3.63) is 0 Å². The predicted molar refractivity (Wildman–Crippen MR) is 119 cm³/mol. The van der Waals surface area contributed by atoms with Gasteiger partial charge in [-0.25, -0.2) is 0 Å². The van der Waals surface area contributed by atoms with Gasteiger partial charge in [0.25, 0.3) is 0 Å². The van der Waals surface area contributed by atoms with Gasteiger partial charge in [-0.05, 0) is 18.8 Å². The minimum Gasteiger partial charge on any atom is -0.268 e. The van der Waals surface area contributed by atoms with Crippen LogP contribution in [0.5, 0.6) is 0 Å². The zero-order chi connectivity index (χ0) is 20.0. The zero-order valence-corrected chi connectivity index (χ0v) is 19.5. The van der Waals surface area contributed by atoms with Gasteiger partial charge in [0.1, 0.15) is 0 Å². The van der Waals surface area contributed by atoms with Crippen molar-refractivity contribution in [3.63, 3.8) is 0 Å². The quantitative estimate of drug-likeness (QED) is 0.172. The van der Waals surface area contributed by atoms with E-state index < -0.39 is 11.4 Å². The fourth-order valence-electron chi connectivity index (χ4n) is 3.33. The van der Waals surface area contributed by atoms with Gasteiger partial charge in [-0.15, -0.1) is 0 Å². The van der Waals surface area contributed by atoms with Crippen molar-refractivity contribution in [2.75, 3.05) is 13.2 Å². The van der Waals surface area contributed by atoms with Crippen LogP contribution in [0, 0.1) is 5.92 Å². The van der Waals surface area contributed by atoms with E-state index in [9.17, 15) is 4.21 Å². The minimum atomic E-state index is -1.56. The van der Waals surface area contributed by atoms with Crippen LogP contribution in [0.2, 0.25) is 0 Å². The summed E-state index contributed by atoms with van der Waals surface area (Å²) in [5.41, 5.74) is 0. The Morgan fingerprint density at radius 2 is 1.11 bits per heavy atom. The van der Waals surface area contributed by atoms with Crippen LogP contribution in [-0.2, 0) is 19.7 Å². The largest absolute Gasteiger partial charge is 0.304 e. The lowest BCUT2D eigenvalue weighted by molar-refractivity contribution is 0.205. The summed E-state index contributed by atoms with van der Waals surface area (Å²) in [6.07, 6.45) is 22.0. The van der Waals surface area contributed by atoms with E-state index in [1.54, 1.807) is 0 Å². The lowest BCUT2D eigenvalue weighted by atomic mass is 10.0. The molecule has 0 aliphatic rings. The summed E-state index contributed by atoms with van der Waals surface area (Å²) in [6.45, 7) is 7.75. The number of unbranched alkanes of at least 4 members (excludes halogenated alkanes) is 13. The normalized spacial score (nSPS) is 13.7. The molecule has 0 N–H and O–H groups in total. The monoisotopic (exact) mass is 404 g/mol. The Kier molecular flexibility index (Phi) is 22.4. The van der Waals surface area contributed by atoms with Gasteiger partial charge in [0.2, 0.25) is 0 Å². The van der Waals surface area contributed by atoms with E-state index in [0.717, 1.165) is 19.3 Å². The number of hydrogen-bond acceptors (Lipinski definition) is 3. The second-order valence-corrected chi connectivity index (χ2v) is 8.85. The van der Waals surface area contributed by atoms with Gasteiger partial charge in [-0.1, -0.05) is 117 Å². The molecule has 0 saturated heterocycles. The Balaban J connectivity index is 3.28. The van der Waals surface area contributed by atoms with E-state index in [1.165, 1.54) is 89.9 Å². The van der Waals surface area contributed by atoms with Crippen LogP contribution < -0.4 is 0 Å². The fraction of sp³-hybridized carbons (Fsp3) is 1.00. The minimum absolute atomic E-state index is 0.508. The summed E-state index contributed by atoms with van der Waals surface area (Å²) in [7, 11) is 0. The first kappa shape index (κ1) is 27.1. The SMILES string of the molecule is CCCCCCCCCCCCCCCOS(=O)OCC(CC)CCCC. The van der Waals surface area contributed by atoms with E-state index in [0.29, 0.717) is 19.1 Å². The maximum absolute atomic E-state index is 11.7. The maximum Gasteiger partial charge on any atom is 0.304 e. The van der Waals surface area contributed by atoms with Crippen molar-refractivity contribution in [1.82, 2.24) is 0 Å². The van der Waals surface area contributed by atoms with Gasteiger partial charge < -0.3 is 0 Å². The van der Waals surface area contributed by atoms with E-state index >= 15 is 0 Å². The molecule has 0 saturated carbocycles. The highest BCUT2D eigenvalue weighted by Gasteiger charge is 2.09. The third kappa shape index (κ3) is 20.6. The lowest BCUT2D eigenvalue weighted by Crippen LogP contribution is -2.12. The fourth-order valence-corrected chi connectivity index (χ4v) is 3.96. The summed E-state index contributed by atoms with van der Waals surface area (Å²) < 4.78 is 22.4. The molecule has 0 spiro atoms. The van der Waals surface area contributed by atoms with Gasteiger partial charge in [0.15, 0.2) is 0 Å². The molecular formula is C23H48O3S. The summed E-state index contributed by atoms with van der Waals surface area (Å²) >= 11 is -1.56. The van der Waals surface area contributed by atoms with Gasteiger partial charge in [-0.3, -0.25) is 8.37 Å². The topological polar surface area (TPSA) is 35.5 Å². The van der Waals surface area contributed by atoms with Gasteiger partial charge in [-0.2, -0.15) is 4.21 Å². The van der Waals surface area contributed by atoms with Crippen LogP contribution >= 0.6 is 0 Å². The first-order valence-corrected chi connectivity index (χ1v) is 12.9. The Bertz CT molecular complexity index is 310. The van der Waals surface area contributed by atoms with Gasteiger partial charge in [0.05, 0.1) is 13.2 Å². The third-order valence-electron chi connectivity index (χ3n) is 5.37. The molecule has 4 heteroatoms. The molecule has 0 aromatic heterocycles. The molecule has 0 aromatic rings. The average Bonchev–Trinajstić information content (AvgIpc) is 2.68. The Morgan fingerprint density at radius 1 is 0.630 bits per heavy atom. The van der Waals surface area contributed by atoms with Crippen molar-refractivity contribution < 1.29 is 12.6 Å². The van der Waals surface area contributed by atoms with Crippen molar-refractivity contribution in [3.8, 4) is 0 Å². The first-order chi connectivity index (χ1) is 13.2. The number of hydrogen-bond donors (Lipinski definition) is 0. The van der Waals surface area contributed by atoms with Crippen LogP contribution in [0.15, 0.2) is 0 Å². The van der Waals surface area contributed by atoms with Crippen LogP contribution in [0.3, 0.4) is 0 Å². The summed E-state index contributed by atoms with van der Waals surface area (Å²) in [5.74, 6) is 0.508. The molecule has 0 fully saturated rings. The highest BCUT2D eigenvalue weighted by Crippen LogP contribution is 2.14. The third-order valence-corrected chi connectivity index (χ3v) is 6.06. The molecule has 3 nitrogen and oxygen atoms in total. The van der Waals surface area contributed by atoms with E-state index in [2.05, 4.69) is 20.8 Å². The molecule has 27 heavy (non-hydrogen) atoms. The first-order valence-electron chi connectivity index (χ1n) is 11.9.